The third kappa shape index (κ3) is 3.38. The summed E-state index contributed by atoms with van der Waals surface area (Å²) in [6.45, 7) is 6.23. The average molecular weight is 376 g/mol. The van der Waals surface area contributed by atoms with Gasteiger partial charge in [0.25, 0.3) is 5.56 Å². The van der Waals surface area contributed by atoms with E-state index in [1.807, 2.05) is 45.0 Å². The Morgan fingerprint density at radius 1 is 1.07 bits per heavy atom. The van der Waals surface area contributed by atoms with Crippen LogP contribution in [0.25, 0.3) is 0 Å². The molecule has 2 N–H and O–H groups in total. The molecule has 1 aliphatic rings. The summed E-state index contributed by atoms with van der Waals surface area (Å²) in [7, 11) is 1.59. The van der Waals surface area contributed by atoms with Crippen molar-refractivity contribution in [3.05, 3.63) is 56.2 Å². The number of ether oxygens (including phenoxy) is 4. The summed E-state index contributed by atoms with van der Waals surface area (Å²) in [6, 6.07) is 7.39. The van der Waals surface area contributed by atoms with Gasteiger partial charge in [0.1, 0.15) is 5.75 Å². The van der Waals surface area contributed by atoms with Gasteiger partial charge in [-0.1, -0.05) is 19.1 Å². The average Bonchev–Trinajstić information content (AvgIpc) is 2.64. The van der Waals surface area contributed by atoms with Crippen molar-refractivity contribution in [2.24, 2.45) is 5.92 Å². The number of nitrogens with one attached hydrogen (secondary N) is 2. The fraction of sp³-hybridized carbons (Fsp3) is 0.474. The van der Waals surface area contributed by atoms with Crippen molar-refractivity contribution in [3.8, 4) is 11.6 Å². The second-order valence-electron chi connectivity index (χ2n) is 6.26. The summed E-state index contributed by atoms with van der Waals surface area (Å²) in [5, 5.41) is 0. The van der Waals surface area contributed by atoms with Gasteiger partial charge < -0.3 is 18.9 Å². The van der Waals surface area contributed by atoms with Crippen molar-refractivity contribution >= 4 is 0 Å². The zero-order chi connectivity index (χ0) is 19.6. The highest BCUT2D eigenvalue weighted by atomic mass is 16.9. The Balaban J connectivity index is 2.22. The van der Waals surface area contributed by atoms with Crippen LogP contribution in [0.15, 0.2) is 33.9 Å². The molecule has 146 valence electrons. The summed E-state index contributed by atoms with van der Waals surface area (Å²) in [5.74, 6) is -1.44. The summed E-state index contributed by atoms with van der Waals surface area (Å²) in [5.41, 5.74) is 0.0446. The molecule has 2 atom stereocenters. The lowest BCUT2D eigenvalue weighted by Gasteiger charge is -2.44. The van der Waals surface area contributed by atoms with Crippen LogP contribution in [0.5, 0.6) is 11.6 Å². The van der Waals surface area contributed by atoms with Crippen LogP contribution in [-0.4, -0.2) is 36.3 Å². The number of aromatic amines is 2. The zero-order valence-electron chi connectivity index (χ0n) is 15.8. The number of methoxy groups -OCH3 is 1. The van der Waals surface area contributed by atoms with Crippen LogP contribution in [-0.2, 0) is 9.47 Å². The monoisotopic (exact) mass is 376 g/mol. The number of H-pyrrole nitrogens is 2. The molecule has 0 saturated carbocycles. The van der Waals surface area contributed by atoms with E-state index in [9.17, 15) is 9.59 Å². The second-order valence-corrected chi connectivity index (χ2v) is 6.26. The van der Waals surface area contributed by atoms with Crippen molar-refractivity contribution in [1.82, 2.24) is 9.97 Å². The molecule has 27 heavy (non-hydrogen) atoms. The second kappa shape index (κ2) is 7.58. The molecule has 0 aliphatic carbocycles. The van der Waals surface area contributed by atoms with Gasteiger partial charge in [-0.05, 0) is 31.5 Å². The molecule has 1 aliphatic heterocycles. The highest BCUT2D eigenvalue weighted by molar-refractivity contribution is 5.41. The number of hydrogen-bond acceptors (Lipinski definition) is 6. The first-order chi connectivity index (χ1) is 13.0. The molecule has 0 fully saturated rings. The van der Waals surface area contributed by atoms with Gasteiger partial charge in [0.2, 0.25) is 5.88 Å². The Hall–Kier alpha value is -2.58. The number of rotatable bonds is 6. The maximum absolute atomic E-state index is 12.6. The molecular weight excluding hydrogens is 352 g/mol. The van der Waals surface area contributed by atoms with Crippen LogP contribution < -0.4 is 20.7 Å². The predicted octanol–water partition coefficient (Wildman–Crippen LogP) is 1.96. The molecule has 0 amide bonds. The number of aromatic nitrogens is 2. The molecule has 2 heterocycles. The minimum Gasteiger partial charge on any atom is -0.497 e. The largest absolute Gasteiger partial charge is 0.497 e. The summed E-state index contributed by atoms with van der Waals surface area (Å²) in [4.78, 5) is 29.3. The van der Waals surface area contributed by atoms with Gasteiger partial charge in [0.05, 0.1) is 31.8 Å². The van der Waals surface area contributed by atoms with Gasteiger partial charge >= 0.3 is 11.7 Å². The minimum atomic E-state index is -1.42. The minimum absolute atomic E-state index is 0.0598. The molecule has 1 aromatic carbocycles. The summed E-state index contributed by atoms with van der Waals surface area (Å²) >= 11 is 0. The molecule has 3 rings (SSSR count). The van der Waals surface area contributed by atoms with E-state index in [1.54, 1.807) is 7.11 Å². The van der Waals surface area contributed by atoms with Crippen LogP contribution >= 0.6 is 0 Å². The molecule has 8 nitrogen and oxygen atoms in total. The Bertz CT molecular complexity index is 896. The molecular formula is C19H24N2O6. The Morgan fingerprint density at radius 3 is 2.26 bits per heavy atom. The van der Waals surface area contributed by atoms with E-state index in [-0.39, 0.29) is 11.8 Å². The standard InChI is InChI=1S/C19H24N2O6/c1-5-25-19(26-6-2)11(3)14(12-7-9-13(24-4)10-8-12)15-16(22)20-18(23)21-17(15)27-19/h7-11,14H,5-6H2,1-4H3,(H2,20,21,22,23)/t11-,14+/m1/s1. The first-order valence-corrected chi connectivity index (χ1v) is 8.93. The smallest absolute Gasteiger partial charge is 0.331 e. The third-order valence-electron chi connectivity index (χ3n) is 4.72. The number of hydrogen-bond donors (Lipinski definition) is 2. The van der Waals surface area contributed by atoms with Crippen LogP contribution in [0.4, 0.5) is 0 Å². The van der Waals surface area contributed by atoms with E-state index in [0.29, 0.717) is 24.5 Å². The van der Waals surface area contributed by atoms with E-state index in [4.69, 9.17) is 18.9 Å². The molecule has 0 unspecified atom stereocenters. The van der Waals surface area contributed by atoms with Crippen molar-refractivity contribution in [3.63, 3.8) is 0 Å². The molecule has 0 saturated heterocycles. The highest BCUT2D eigenvalue weighted by Gasteiger charge is 2.52. The van der Waals surface area contributed by atoms with E-state index in [2.05, 4.69) is 9.97 Å². The summed E-state index contributed by atoms with van der Waals surface area (Å²) in [6.07, 6.45) is 0. The number of benzene rings is 1. The van der Waals surface area contributed by atoms with Gasteiger partial charge in [-0.25, -0.2) is 4.79 Å². The van der Waals surface area contributed by atoms with E-state index >= 15 is 0 Å². The fourth-order valence-corrected chi connectivity index (χ4v) is 3.56. The third-order valence-corrected chi connectivity index (χ3v) is 4.72. The Kier molecular flexibility index (Phi) is 5.38. The van der Waals surface area contributed by atoms with Gasteiger partial charge in [0, 0.05) is 5.92 Å². The zero-order valence-corrected chi connectivity index (χ0v) is 15.8. The van der Waals surface area contributed by atoms with E-state index < -0.39 is 23.1 Å². The Labute approximate surface area is 156 Å². The lowest BCUT2D eigenvalue weighted by atomic mass is 9.79. The van der Waals surface area contributed by atoms with Crippen LogP contribution in [0.2, 0.25) is 0 Å². The molecule has 2 aromatic rings. The maximum atomic E-state index is 12.6. The van der Waals surface area contributed by atoms with Crippen LogP contribution in [0.1, 0.15) is 37.8 Å². The molecule has 0 radical (unpaired) electrons. The summed E-state index contributed by atoms with van der Waals surface area (Å²) < 4.78 is 22.9. The van der Waals surface area contributed by atoms with Crippen LogP contribution in [0.3, 0.4) is 0 Å². The topological polar surface area (TPSA) is 103 Å². The van der Waals surface area contributed by atoms with Crippen molar-refractivity contribution < 1.29 is 18.9 Å². The SMILES string of the molecule is CCOC1(OCC)Oc2[nH]c(=O)[nH]c(=O)c2[C@H](c2ccc(OC)cc2)[C@H]1C. The quantitative estimate of drug-likeness (QED) is 0.747. The van der Waals surface area contributed by atoms with Gasteiger partial charge in [-0.3, -0.25) is 14.8 Å². The maximum Gasteiger partial charge on any atom is 0.331 e. The predicted molar refractivity (Wildman–Crippen MR) is 98.3 cm³/mol. The fourth-order valence-electron chi connectivity index (χ4n) is 3.56. The molecule has 0 spiro atoms. The number of fused-ring (bicyclic) bond motifs is 1. The van der Waals surface area contributed by atoms with Crippen molar-refractivity contribution in [2.45, 2.75) is 32.7 Å². The van der Waals surface area contributed by atoms with Gasteiger partial charge in [-0.15, -0.1) is 0 Å². The molecule has 1 aromatic heterocycles. The molecule has 8 heteroatoms. The van der Waals surface area contributed by atoms with Gasteiger partial charge in [-0.2, -0.15) is 0 Å². The normalized spacial score (nSPS) is 20.6. The lowest BCUT2D eigenvalue weighted by Crippen LogP contribution is -2.54. The molecule has 0 bridgehead atoms. The van der Waals surface area contributed by atoms with Gasteiger partial charge in [0.15, 0.2) is 0 Å². The van der Waals surface area contributed by atoms with E-state index in [1.165, 1.54) is 0 Å². The van der Waals surface area contributed by atoms with Crippen molar-refractivity contribution in [1.29, 1.82) is 0 Å². The first-order valence-electron chi connectivity index (χ1n) is 8.93. The van der Waals surface area contributed by atoms with E-state index in [0.717, 1.165) is 5.56 Å². The van der Waals surface area contributed by atoms with Crippen molar-refractivity contribution in [2.75, 3.05) is 20.3 Å². The first kappa shape index (κ1) is 19.2. The van der Waals surface area contributed by atoms with Crippen LogP contribution in [0, 0.1) is 5.92 Å². The lowest BCUT2D eigenvalue weighted by molar-refractivity contribution is -0.372. The highest BCUT2D eigenvalue weighted by Crippen LogP contribution is 2.46. The Morgan fingerprint density at radius 2 is 1.70 bits per heavy atom.